The number of carbonyl (C=O) groups excluding carboxylic acids is 1. The zero-order valence-electron chi connectivity index (χ0n) is 16.9. The van der Waals surface area contributed by atoms with Gasteiger partial charge in [-0.25, -0.2) is 4.98 Å². The van der Waals surface area contributed by atoms with Crippen LogP contribution in [-0.2, 0) is 4.79 Å². The fourth-order valence-corrected chi connectivity index (χ4v) is 4.25. The van der Waals surface area contributed by atoms with E-state index in [0.717, 1.165) is 41.6 Å². The van der Waals surface area contributed by atoms with E-state index >= 15 is 0 Å². The number of thiazole rings is 1. The maximum atomic E-state index is 12.4. The fraction of sp³-hybridized carbons (Fsp3) is 0.364. The Balaban J connectivity index is 1.57. The van der Waals surface area contributed by atoms with E-state index in [0.29, 0.717) is 11.5 Å². The lowest BCUT2D eigenvalue weighted by Gasteiger charge is -2.32. The highest BCUT2D eigenvalue weighted by atomic mass is 32.1. The number of nitrogens with one attached hydrogen (secondary N) is 1. The van der Waals surface area contributed by atoms with Gasteiger partial charge in [-0.1, -0.05) is 36.1 Å². The Kier molecular flexibility index (Phi) is 7.30. The first-order chi connectivity index (χ1) is 14.1. The summed E-state index contributed by atoms with van der Waals surface area (Å²) in [6.45, 7) is 7.49. The quantitative estimate of drug-likeness (QED) is 0.709. The summed E-state index contributed by atoms with van der Waals surface area (Å²) in [6, 6.07) is 7.37. The topological polar surface area (TPSA) is 63.7 Å². The summed E-state index contributed by atoms with van der Waals surface area (Å²) >= 11 is 1.63. The van der Waals surface area contributed by atoms with Gasteiger partial charge in [-0.3, -0.25) is 4.79 Å². The number of nitrogens with zero attached hydrogens (tertiary/aromatic N) is 2. The molecule has 1 atom stereocenters. The molecule has 1 fully saturated rings. The fourth-order valence-electron chi connectivity index (χ4n) is 3.31. The van der Waals surface area contributed by atoms with E-state index < -0.39 is 0 Å². The molecule has 6 nitrogen and oxygen atoms in total. The number of amides is 1. The second kappa shape index (κ2) is 10.1. The van der Waals surface area contributed by atoms with E-state index in [1.165, 1.54) is 0 Å². The smallest absolute Gasteiger partial charge is 0.258 e. The molecule has 0 aliphatic carbocycles. The van der Waals surface area contributed by atoms with Crippen LogP contribution in [0, 0.1) is 0 Å². The molecule has 1 aliphatic rings. The van der Waals surface area contributed by atoms with Crippen molar-refractivity contribution < 1.29 is 14.3 Å². The second-order valence-corrected chi connectivity index (χ2v) is 7.75. The van der Waals surface area contributed by atoms with E-state index in [2.05, 4.69) is 16.8 Å². The number of allylic oxidation sites excluding steroid dienone is 1. The first-order valence-electron chi connectivity index (χ1n) is 9.70. The molecule has 1 N–H and O–H groups in total. The van der Waals surface area contributed by atoms with Crippen LogP contribution in [0.2, 0.25) is 0 Å². The van der Waals surface area contributed by atoms with Crippen LogP contribution in [0.1, 0.15) is 30.3 Å². The van der Waals surface area contributed by atoms with Crippen molar-refractivity contribution in [2.24, 2.45) is 0 Å². The molecule has 29 heavy (non-hydrogen) atoms. The number of piperidine rings is 1. The first-order valence-corrected chi connectivity index (χ1v) is 10.5. The van der Waals surface area contributed by atoms with Crippen molar-refractivity contribution in [2.75, 3.05) is 31.7 Å². The molecule has 0 spiro atoms. The molecule has 1 saturated heterocycles. The lowest BCUT2D eigenvalue weighted by atomic mass is 10.1. The van der Waals surface area contributed by atoms with Gasteiger partial charge in [0, 0.05) is 19.1 Å². The molecule has 1 aliphatic heterocycles. The molecule has 1 aromatic carbocycles. The Labute approximate surface area is 175 Å². The lowest BCUT2D eigenvalue weighted by molar-refractivity contribution is -0.123. The summed E-state index contributed by atoms with van der Waals surface area (Å²) in [6.07, 6.45) is 7.76. The van der Waals surface area contributed by atoms with Crippen LogP contribution in [0.15, 0.2) is 36.9 Å². The predicted octanol–water partition coefficient (Wildman–Crippen LogP) is 3.99. The average Bonchev–Trinajstić information content (AvgIpc) is 3.16. The third-order valence-corrected chi connectivity index (χ3v) is 5.79. The highest BCUT2D eigenvalue weighted by Gasteiger charge is 2.24. The van der Waals surface area contributed by atoms with Crippen LogP contribution in [0.4, 0.5) is 5.13 Å². The summed E-state index contributed by atoms with van der Waals surface area (Å²) in [5.74, 6) is 1.04. The molecule has 2 aromatic rings. The predicted molar refractivity (Wildman–Crippen MR) is 119 cm³/mol. The molecule has 3 rings (SSSR count). The standard InChI is InChI=1S/C22H27N3O3S/c1-4-9-17-20(5-2)29-22(24-17)25-13-8-10-16(14-25)23-21(26)15-28-19-12-7-6-11-18(19)27-3/h4-7,9,11-12,16H,2,8,10,13-15H2,1,3H3,(H,23,26)/b9-4-. The summed E-state index contributed by atoms with van der Waals surface area (Å²) in [7, 11) is 1.58. The molecular formula is C22H27N3O3S. The van der Waals surface area contributed by atoms with Crippen molar-refractivity contribution in [1.29, 1.82) is 0 Å². The van der Waals surface area contributed by atoms with Gasteiger partial charge in [0.05, 0.1) is 17.7 Å². The lowest BCUT2D eigenvalue weighted by Crippen LogP contribution is -2.49. The number of anilines is 1. The highest BCUT2D eigenvalue weighted by Crippen LogP contribution is 2.30. The van der Waals surface area contributed by atoms with Gasteiger partial charge in [0.2, 0.25) is 0 Å². The number of benzene rings is 1. The number of ether oxygens (including phenoxy) is 2. The minimum atomic E-state index is -0.136. The maximum absolute atomic E-state index is 12.4. The molecular weight excluding hydrogens is 386 g/mol. The van der Waals surface area contributed by atoms with Crippen LogP contribution in [0.5, 0.6) is 11.5 Å². The minimum absolute atomic E-state index is 0.0415. The monoisotopic (exact) mass is 413 g/mol. The largest absolute Gasteiger partial charge is 0.493 e. The van der Waals surface area contributed by atoms with Crippen LogP contribution >= 0.6 is 11.3 Å². The molecule has 0 bridgehead atoms. The van der Waals surface area contributed by atoms with E-state index in [-0.39, 0.29) is 18.6 Å². The van der Waals surface area contributed by atoms with E-state index in [9.17, 15) is 4.79 Å². The minimum Gasteiger partial charge on any atom is -0.493 e. The van der Waals surface area contributed by atoms with Crippen LogP contribution in [0.3, 0.4) is 0 Å². The van der Waals surface area contributed by atoms with Crippen LogP contribution in [-0.4, -0.2) is 43.7 Å². The van der Waals surface area contributed by atoms with E-state index in [1.807, 2.05) is 37.3 Å². The van der Waals surface area contributed by atoms with Gasteiger partial charge < -0.3 is 19.7 Å². The average molecular weight is 414 g/mol. The Morgan fingerprint density at radius 3 is 2.93 bits per heavy atom. The van der Waals surface area contributed by atoms with Gasteiger partial charge in [0.1, 0.15) is 0 Å². The van der Waals surface area contributed by atoms with Crippen molar-refractivity contribution in [3.63, 3.8) is 0 Å². The van der Waals surface area contributed by atoms with Crippen molar-refractivity contribution in [3.8, 4) is 11.5 Å². The van der Waals surface area contributed by atoms with E-state index in [1.54, 1.807) is 30.6 Å². The van der Waals surface area contributed by atoms with Gasteiger partial charge in [0.25, 0.3) is 5.91 Å². The number of carbonyl (C=O) groups is 1. The third kappa shape index (κ3) is 5.38. The Bertz CT molecular complexity index is 878. The second-order valence-electron chi connectivity index (χ2n) is 6.74. The van der Waals surface area contributed by atoms with Crippen LogP contribution in [0.25, 0.3) is 12.2 Å². The number of methoxy groups -OCH3 is 1. The number of hydrogen-bond acceptors (Lipinski definition) is 6. The Morgan fingerprint density at radius 2 is 2.21 bits per heavy atom. The number of hydrogen-bond donors (Lipinski definition) is 1. The van der Waals surface area contributed by atoms with Gasteiger partial charge in [-0.05, 0) is 44.1 Å². The molecule has 1 amide bonds. The normalized spacial score (nSPS) is 16.6. The number of aromatic nitrogens is 1. The summed E-state index contributed by atoms with van der Waals surface area (Å²) in [4.78, 5) is 20.4. The van der Waals surface area contributed by atoms with Gasteiger partial charge in [-0.15, -0.1) is 0 Å². The SMILES string of the molecule is C=Cc1sc(N2CCCC(NC(=O)COc3ccccc3OC)C2)nc1/C=C\C. The summed E-state index contributed by atoms with van der Waals surface area (Å²) < 4.78 is 10.9. The number of rotatable bonds is 8. The van der Waals surface area contributed by atoms with Gasteiger partial charge in [-0.2, -0.15) is 0 Å². The Hall–Kier alpha value is -2.80. The summed E-state index contributed by atoms with van der Waals surface area (Å²) in [5, 5.41) is 4.05. The van der Waals surface area contributed by atoms with Crippen molar-refractivity contribution in [3.05, 3.63) is 47.5 Å². The van der Waals surface area contributed by atoms with Crippen LogP contribution < -0.4 is 19.7 Å². The maximum Gasteiger partial charge on any atom is 0.258 e. The van der Waals surface area contributed by atoms with E-state index in [4.69, 9.17) is 14.5 Å². The molecule has 1 aromatic heterocycles. The van der Waals surface area contributed by atoms with Gasteiger partial charge >= 0.3 is 0 Å². The molecule has 0 radical (unpaired) electrons. The van der Waals surface area contributed by atoms with Crippen molar-refractivity contribution in [2.45, 2.75) is 25.8 Å². The van der Waals surface area contributed by atoms with Gasteiger partial charge in [0.15, 0.2) is 23.2 Å². The molecule has 7 heteroatoms. The van der Waals surface area contributed by atoms with Crippen molar-refractivity contribution >= 4 is 34.5 Å². The Morgan fingerprint density at radius 1 is 1.41 bits per heavy atom. The molecule has 0 saturated carbocycles. The summed E-state index contributed by atoms with van der Waals surface area (Å²) in [5.41, 5.74) is 0.943. The first kappa shape index (κ1) is 20.9. The number of para-hydroxylation sites is 2. The zero-order chi connectivity index (χ0) is 20.6. The zero-order valence-corrected chi connectivity index (χ0v) is 17.7. The third-order valence-electron chi connectivity index (χ3n) is 4.66. The molecule has 154 valence electrons. The highest BCUT2D eigenvalue weighted by molar-refractivity contribution is 7.16. The van der Waals surface area contributed by atoms with Crippen molar-refractivity contribution in [1.82, 2.24) is 10.3 Å². The molecule has 2 heterocycles. The molecule has 1 unspecified atom stereocenters.